The minimum absolute atomic E-state index is 0.345. The second-order valence-corrected chi connectivity index (χ2v) is 5.85. The first-order valence-electron chi connectivity index (χ1n) is 5.82. The van der Waals surface area contributed by atoms with Crippen LogP contribution < -0.4 is 4.74 Å². The van der Waals surface area contributed by atoms with Crippen molar-refractivity contribution in [2.24, 2.45) is 0 Å². The molecule has 0 N–H and O–H groups in total. The van der Waals surface area contributed by atoms with Gasteiger partial charge in [0.25, 0.3) is 0 Å². The number of pyridine rings is 1. The fraction of sp³-hybridized carbons (Fsp3) is 0. The SMILES string of the molecule is Fc1cc(Br)c(Oc2ccc3ccccc3n2)c(Br)c1. The number of fused-ring (bicyclic) bond motifs is 1. The van der Waals surface area contributed by atoms with E-state index in [-0.39, 0.29) is 5.82 Å². The molecule has 0 spiro atoms. The number of halogens is 3. The van der Waals surface area contributed by atoms with Crippen LogP contribution in [0.3, 0.4) is 0 Å². The Hall–Kier alpha value is -1.46. The molecule has 0 aliphatic heterocycles. The van der Waals surface area contributed by atoms with E-state index >= 15 is 0 Å². The van der Waals surface area contributed by atoms with Crippen molar-refractivity contribution < 1.29 is 9.13 Å². The standard InChI is InChI=1S/C15H8Br2FNO/c16-11-7-10(18)8-12(17)15(11)20-14-6-5-9-3-1-2-4-13(9)19-14/h1-8H. The average Bonchev–Trinajstić information content (AvgIpc) is 2.42. The molecule has 0 aliphatic carbocycles. The molecule has 5 heteroatoms. The maximum atomic E-state index is 13.2. The van der Waals surface area contributed by atoms with Crippen LogP contribution in [0, 0.1) is 5.82 Å². The van der Waals surface area contributed by atoms with E-state index in [1.54, 1.807) is 6.07 Å². The highest BCUT2D eigenvalue weighted by atomic mass is 79.9. The van der Waals surface area contributed by atoms with E-state index in [0.717, 1.165) is 10.9 Å². The van der Waals surface area contributed by atoms with Crippen molar-refractivity contribution in [2.45, 2.75) is 0 Å². The zero-order valence-corrected chi connectivity index (χ0v) is 13.3. The quantitative estimate of drug-likeness (QED) is 0.555. The van der Waals surface area contributed by atoms with Crippen molar-refractivity contribution in [3.63, 3.8) is 0 Å². The molecule has 0 bridgehead atoms. The van der Waals surface area contributed by atoms with Crippen molar-refractivity contribution >= 4 is 42.8 Å². The zero-order valence-electron chi connectivity index (χ0n) is 10.1. The lowest BCUT2D eigenvalue weighted by Gasteiger charge is -2.09. The smallest absolute Gasteiger partial charge is 0.219 e. The number of rotatable bonds is 2. The van der Waals surface area contributed by atoms with Crippen LogP contribution in [0.5, 0.6) is 11.6 Å². The molecule has 2 nitrogen and oxygen atoms in total. The third-order valence-electron chi connectivity index (χ3n) is 2.74. The molecule has 0 unspecified atom stereocenters. The molecule has 0 amide bonds. The second kappa shape index (κ2) is 5.50. The summed E-state index contributed by atoms with van der Waals surface area (Å²) in [5.41, 5.74) is 0.847. The summed E-state index contributed by atoms with van der Waals surface area (Å²) >= 11 is 6.56. The van der Waals surface area contributed by atoms with Gasteiger partial charge in [0.2, 0.25) is 5.88 Å². The summed E-state index contributed by atoms with van der Waals surface area (Å²) in [6.07, 6.45) is 0. The van der Waals surface area contributed by atoms with E-state index in [2.05, 4.69) is 36.8 Å². The Kier molecular flexibility index (Phi) is 3.72. The highest BCUT2D eigenvalue weighted by molar-refractivity contribution is 9.11. The Morgan fingerprint density at radius 3 is 2.40 bits per heavy atom. The average molecular weight is 397 g/mol. The van der Waals surface area contributed by atoms with Gasteiger partial charge in [0, 0.05) is 11.5 Å². The van der Waals surface area contributed by atoms with Gasteiger partial charge in [-0.2, -0.15) is 0 Å². The van der Waals surface area contributed by atoms with Crippen LogP contribution in [0.15, 0.2) is 57.5 Å². The zero-order chi connectivity index (χ0) is 14.1. The predicted molar refractivity (Wildman–Crippen MR) is 83.6 cm³/mol. The van der Waals surface area contributed by atoms with E-state index in [1.807, 2.05) is 30.3 Å². The lowest BCUT2D eigenvalue weighted by atomic mass is 10.2. The van der Waals surface area contributed by atoms with Gasteiger partial charge in [0.15, 0.2) is 5.75 Å². The van der Waals surface area contributed by atoms with Crippen molar-refractivity contribution in [1.82, 2.24) is 4.98 Å². The molecule has 100 valence electrons. The molecule has 3 rings (SSSR count). The maximum Gasteiger partial charge on any atom is 0.219 e. The van der Waals surface area contributed by atoms with Gasteiger partial charge < -0.3 is 4.74 Å². The molecule has 3 aromatic rings. The molecule has 0 fully saturated rings. The highest BCUT2D eigenvalue weighted by Gasteiger charge is 2.11. The fourth-order valence-electron chi connectivity index (χ4n) is 1.84. The van der Waals surface area contributed by atoms with Gasteiger partial charge in [-0.1, -0.05) is 18.2 Å². The molecule has 1 aromatic heterocycles. The Balaban J connectivity index is 2.01. The van der Waals surface area contributed by atoms with Crippen molar-refractivity contribution in [2.75, 3.05) is 0 Å². The summed E-state index contributed by atoms with van der Waals surface area (Å²) in [6, 6.07) is 14.2. The minimum atomic E-state index is -0.345. The molecule has 20 heavy (non-hydrogen) atoms. The van der Waals surface area contributed by atoms with Crippen LogP contribution in [0.4, 0.5) is 4.39 Å². The van der Waals surface area contributed by atoms with Crippen molar-refractivity contribution in [3.05, 3.63) is 63.3 Å². The largest absolute Gasteiger partial charge is 0.437 e. The number of para-hydroxylation sites is 1. The number of hydrogen-bond donors (Lipinski definition) is 0. The Labute approximate surface area is 131 Å². The molecular weight excluding hydrogens is 389 g/mol. The number of hydrogen-bond acceptors (Lipinski definition) is 2. The summed E-state index contributed by atoms with van der Waals surface area (Å²) in [5.74, 6) is 0.605. The third-order valence-corrected chi connectivity index (χ3v) is 3.92. The predicted octanol–water partition coefficient (Wildman–Crippen LogP) is 5.69. The summed E-state index contributed by atoms with van der Waals surface area (Å²) in [4.78, 5) is 4.42. The monoisotopic (exact) mass is 395 g/mol. The summed E-state index contributed by atoms with van der Waals surface area (Å²) in [6.45, 7) is 0. The van der Waals surface area contributed by atoms with Crippen LogP contribution >= 0.6 is 31.9 Å². The van der Waals surface area contributed by atoms with Crippen molar-refractivity contribution in [1.29, 1.82) is 0 Å². The Morgan fingerprint density at radius 2 is 1.65 bits per heavy atom. The van der Waals surface area contributed by atoms with Gasteiger partial charge in [-0.05, 0) is 56.1 Å². The van der Waals surface area contributed by atoms with E-state index in [9.17, 15) is 4.39 Å². The van der Waals surface area contributed by atoms with Gasteiger partial charge >= 0.3 is 0 Å². The van der Waals surface area contributed by atoms with Gasteiger partial charge in [0.1, 0.15) is 5.82 Å². The number of ether oxygens (including phenoxy) is 1. The lowest BCUT2D eigenvalue weighted by Crippen LogP contribution is -1.91. The maximum absolute atomic E-state index is 13.2. The number of benzene rings is 2. The number of nitrogens with zero attached hydrogens (tertiary/aromatic N) is 1. The van der Waals surface area contributed by atoms with Gasteiger partial charge in [-0.25, -0.2) is 9.37 Å². The van der Waals surface area contributed by atoms with Crippen LogP contribution in [-0.2, 0) is 0 Å². The summed E-state index contributed by atoms with van der Waals surface area (Å²) < 4.78 is 20.0. The van der Waals surface area contributed by atoms with Crippen LogP contribution in [0.2, 0.25) is 0 Å². The molecule has 2 aromatic carbocycles. The van der Waals surface area contributed by atoms with Gasteiger partial charge in [0.05, 0.1) is 14.5 Å². The van der Waals surface area contributed by atoms with Crippen molar-refractivity contribution in [3.8, 4) is 11.6 Å². The van der Waals surface area contributed by atoms with Crippen LogP contribution in [-0.4, -0.2) is 4.98 Å². The number of aromatic nitrogens is 1. The lowest BCUT2D eigenvalue weighted by molar-refractivity contribution is 0.457. The first-order valence-corrected chi connectivity index (χ1v) is 7.40. The first-order chi connectivity index (χ1) is 9.63. The van der Waals surface area contributed by atoms with E-state index < -0.39 is 0 Å². The normalized spacial score (nSPS) is 10.8. The highest BCUT2D eigenvalue weighted by Crippen LogP contribution is 2.37. The second-order valence-electron chi connectivity index (χ2n) is 4.14. The minimum Gasteiger partial charge on any atom is -0.437 e. The van der Waals surface area contributed by atoms with Crippen LogP contribution in [0.1, 0.15) is 0 Å². The summed E-state index contributed by atoms with van der Waals surface area (Å²) in [7, 11) is 0. The fourth-order valence-corrected chi connectivity index (χ4v) is 3.13. The molecule has 0 radical (unpaired) electrons. The van der Waals surface area contributed by atoms with E-state index in [4.69, 9.17) is 4.74 Å². The molecular formula is C15H8Br2FNO. The first kappa shape index (κ1) is 13.5. The Morgan fingerprint density at radius 1 is 0.950 bits per heavy atom. The topological polar surface area (TPSA) is 22.1 Å². The molecule has 0 saturated carbocycles. The molecule has 0 aliphatic rings. The van der Waals surface area contributed by atoms with E-state index in [0.29, 0.717) is 20.6 Å². The van der Waals surface area contributed by atoms with Gasteiger partial charge in [-0.3, -0.25) is 0 Å². The Bertz CT molecular complexity index is 769. The van der Waals surface area contributed by atoms with E-state index in [1.165, 1.54) is 12.1 Å². The van der Waals surface area contributed by atoms with Gasteiger partial charge in [-0.15, -0.1) is 0 Å². The molecule has 0 saturated heterocycles. The summed E-state index contributed by atoms with van der Waals surface area (Å²) in [5, 5.41) is 1.04. The molecule has 0 atom stereocenters. The van der Waals surface area contributed by atoms with Crippen LogP contribution in [0.25, 0.3) is 10.9 Å². The third kappa shape index (κ3) is 2.69. The molecule has 1 heterocycles.